The van der Waals surface area contributed by atoms with Crippen LogP contribution >= 0.6 is 0 Å². The lowest BCUT2D eigenvalue weighted by Gasteiger charge is -2.18. The van der Waals surface area contributed by atoms with Crippen LogP contribution in [0.3, 0.4) is 0 Å². The predicted molar refractivity (Wildman–Crippen MR) is 190 cm³/mol. The molecule has 0 amide bonds. The van der Waals surface area contributed by atoms with Crippen LogP contribution in [0.1, 0.15) is 6.85 Å². The summed E-state index contributed by atoms with van der Waals surface area (Å²) in [6.07, 6.45) is 0. The Morgan fingerprint density at radius 3 is 1.67 bits per heavy atom. The van der Waals surface area contributed by atoms with Crippen LogP contribution in [0.15, 0.2) is 170 Å². The van der Waals surface area contributed by atoms with Gasteiger partial charge in [-0.05, 0) is 67.4 Å². The molecule has 45 heavy (non-hydrogen) atoms. The van der Waals surface area contributed by atoms with E-state index in [1.165, 1.54) is 0 Å². The van der Waals surface area contributed by atoms with Crippen molar-refractivity contribution in [2.24, 2.45) is 0 Å². The van der Waals surface area contributed by atoms with E-state index >= 15 is 0 Å². The molecule has 0 saturated carbocycles. The van der Waals surface area contributed by atoms with E-state index in [9.17, 15) is 0 Å². The molecule has 0 saturated heterocycles. The van der Waals surface area contributed by atoms with Gasteiger partial charge < -0.3 is 0 Å². The number of para-hydroxylation sites is 2. The average Bonchev–Trinajstić information content (AvgIpc) is 3.55. The third kappa shape index (κ3) is 4.07. The van der Waals surface area contributed by atoms with Gasteiger partial charge in [0.25, 0.3) is 0 Å². The van der Waals surface area contributed by atoms with Crippen LogP contribution in [0.5, 0.6) is 0 Å². The Balaban J connectivity index is 1.27. The number of imidazole rings is 1. The molecule has 1 heterocycles. The minimum absolute atomic E-state index is 0.206. The zero-order valence-electron chi connectivity index (χ0n) is 29.2. The second kappa shape index (κ2) is 10.3. The summed E-state index contributed by atoms with van der Waals surface area (Å²) >= 11 is 0. The summed E-state index contributed by atoms with van der Waals surface area (Å²) < 4.78 is 44.9. The second-order valence-corrected chi connectivity index (χ2v) is 11.2. The minimum Gasteiger partial charge on any atom is -0.292 e. The molecular weight excluding hydrogens is 544 g/mol. The Hall–Kier alpha value is -5.99. The molecule has 2 nitrogen and oxygen atoms in total. The standard InChI is InChI=1S/C43H28N2/c1-2-14-30(15-3-1)41-34-18-6-8-20-36(34)42(37-21-9-7-19-35(37)41)31-25-27-32(28-26-31)43-44-38-22-10-11-23-40(38)45(43)39-24-12-16-29-13-4-5-17-33(29)39/h1-28H/i1D,2D,3D,14D,15D. The van der Waals surface area contributed by atoms with E-state index in [0.29, 0.717) is 5.56 Å². The molecular formula is C43H28N2. The summed E-state index contributed by atoms with van der Waals surface area (Å²) in [5.41, 5.74) is 6.85. The third-order valence-electron chi connectivity index (χ3n) is 8.68. The van der Waals surface area contributed by atoms with Crippen LogP contribution in [0.25, 0.3) is 82.7 Å². The fraction of sp³-hybridized carbons (Fsp3) is 0. The highest BCUT2D eigenvalue weighted by atomic mass is 15.1. The molecule has 9 aromatic rings. The number of hydrogen-bond donors (Lipinski definition) is 0. The van der Waals surface area contributed by atoms with Crippen molar-refractivity contribution in [2.75, 3.05) is 0 Å². The first-order valence-corrected chi connectivity index (χ1v) is 15.0. The summed E-state index contributed by atoms with van der Waals surface area (Å²) in [6.45, 7) is 0. The normalized spacial score (nSPS) is 13.1. The van der Waals surface area contributed by atoms with E-state index < -0.39 is 6.04 Å². The zero-order chi connectivity index (χ0) is 34.1. The van der Waals surface area contributed by atoms with Gasteiger partial charge >= 0.3 is 0 Å². The first-order chi connectivity index (χ1) is 24.4. The van der Waals surface area contributed by atoms with Crippen molar-refractivity contribution in [1.29, 1.82) is 0 Å². The van der Waals surface area contributed by atoms with Crippen molar-refractivity contribution in [1.82, 2.24) is 9.55 Å². The van der Waals surface area contributed by atoms with Gasteiger partial charge in [-0.2, -0.15) is 0 Å². The maximum Gasteiger partial charge on any atom is 0.145 e. The Labute approximate surface area is 268 Å². The molecule has 1 aromatic heterocycles. The van der Waals surface area contributed by atoms with Crippen molar-refractivity contribution < 1.29 is 6.85 Å². The van der Waals surface area contributed by atoms with Gasteiger partial charge in [0.2, 0.25) is 0 Å². The van der Waals surface area contributed by atoms with Gasteiger partial charge in [-0.1, -0.05) is 152 Å². The summed E-state index contributed by atoms with van der Waals surface area (Å²) in [5, 5.41) is 5.82. The Kier molecular flexibility index (Phi) is 4.78. The molecule has 0 bridgehead atoms. The lowest BCUT2D eigenvalue weighted by atomic mass is 9.86. The van der Waals surface area contributed by atoms with Gasteiger partial charge in [0.15, 0.2) is 0 Å². The van der Waals surface area contributed by atoms with Crippen LogP contribution in [0.4, 0.5) is 0 Å². The first-order valence-electron chi connectivity index (χ1n) is 17.5. The molecule has 0 aliphatic carbocycles. The van der Waals surface area contributed by atoms with Gasteiger partial charge in [-0.15, -0.1) is 0 Å². The maximum absolute atomic E-state index is 8.83. The van der Waals surface area contributed by atoms with E-state index in [2.05, 4.69) is 77.4 Å². The van der Waals surface area contributed by atoms with Gasteiger partial charge in [0, 0.05) is 10.9 Å². The van der Waals surface area contributed by atoms with E-state index in [-0.39, 0.29) is 29.7 Å². The SMILES string of the molecule is [2H]c1c([2H])c([2H])c(-c2c3ccccc3c(-c3ccc(-c4nc5ccccc5n4-c4cccc5ccccc45)cc3)c3ccccc23)c([2H])c1[2H]. The Morgan fingerprint density at radius 2 is 0.978 bits per heavy atom. The van der Waals surface area contributed by atoms with Crippen molar-refractivity contribution in [3.63, 3.8) is 0 Å². The van der Waals surface area contributed by atoms with Gasteiger partial charge in [-0.25, -0.2) is 4.98 Å². The van der Waals surface area contributed by atoms with E-state index in [1.807, 2.05) is 66.7 Å². The van der Waals surface area contributed by atoms with Crippen LogP contribution in [0, 0.1) is 0 Å². The molecule has 0 radical (unpaired) electrons. The fourth-order valence-electron chi connectivity index (χ4n) is 6.74. The molecule has 0 N–H and O–H groups in total. The maximum atomic E-state index is 8.83. The molecule has 2 heteroatoms. The molecule has 0 spiro atoms. The van der Waals surface area contributed by atoms with Crippen molar-refractivity contribution in [2.45, 2.75) is 0 Å². The lowest BCUT2D eigenvalue weighted by Crippen LogP contribution is -1.98. The molecule has 9 rings (SSSR count). The summed E-state index contributed by atoms with van der Waals surface area (Å²) in [5.74, 6) is 0.848. The lowest BCUT2D eigenvalue weighted by molar-refractivity contribution is 1.11. The quantitative estimate of drug-likeness (QED) is 0.190. The van der Waals surface area contributed by atoms with Crippen LogP contribution in [0.2, 0.25) is 0 Å². The summed E-state index contributed by atoms with van der Waals surface area (Å²) in [6, 6.07) is 45.8. The van der Waals surface area contributed by atoms with Crippen molar-refractivity contribution in [3.8, 4) is 39.3 Å². The smallest absolute Gasteiger partial charge is 0.145 e. The van der Waals surface area contributed by atoms with Crippen LogP contribution < -0.4 is 0 Å². The Morgan fingerprint density at radius 1 is 0.444 bits per heavy atom. The number of rotatable bonds is 4. The van der Waals surface area contributed by atoms with Crippen molar-refractivity contribution >= 4 is 43.4 Å². The van der Waals surface area contributed by atoms with Gasteiger partial charge in [0.05, 0.1) is 23.6 Å². The summed E-state index contributed by atoms with van der Waals surface area (Å²) in [4.78, 5) is 5.13. The second-order valence-electron chi connectivity index (χ2n) is 11.2. The molecule has 8 aromatic carbocycles. The molecule has 0 unspecified atom stereocenters. The minimum atomic E-state index is -0.400. The first kappa shape index (κ1) is 20.8. The predicted octanol–water partition coefficient (Wildman–Crippen LogP) is 11.5. The fourth-order valence-corrected chi connectivity index (χ4v) is 6.74. The van der Waals surface area contributed by atoms with Gasteiger partial charge in [0.1, 0.15) is 5.82 Å². The van der Waals surface area contributed by atoms with Gasteiger partial charge in [-0.3, -0.25) is 4.57 Å². The van der Waals surface area contributed by atoms with Crippen molar-refractivity contribution in [3.05, 3.63) is 170 Å². The number of fused-ring (bicyclic) bond motifs is 4. The van der Waals surface area contributed by atoms with E-state index in [0.717, 1.165) is 71.6 Å². The highest BCUT2D eigenvalue weighted by Crippen LogP contribution is 2.44. The summed E-state index contributed by atoms with van der Waals surface area (Å²) in [7, 11) is 0. The average molecular weight is 578 g/mol. The molecule has 210 valence electrons. The number of aromatic nitrogens is 2. The number of benzene rings is 8. The molecule has 0 atom stereocenters. The topological polar surface area (TPSA) is 17.8 Å². The van der Waals surface area contributed by atoms with E-state index in [4.69, 9.17) is 11.8 Å². The Bertz CT molecular complexity index is 2730. The molecule has 0 aliphatic rings. The zero-order valence-corrected chi connectivity index (χ0v) is 24.2. The number of nitrogens with zero attached hydrogens (tertiary/aromatic N) is 2. The third-order valence-corrected chi connectivity index (χ3v) is 8.68. The van der Waals surface area contributed by atoms with Crippen LogP contribution in [-0.4, -0.2) is 9.55 Å². The molecule has 0 aliphatic heterocycles. The monoisotopic (exact) mass is 577 g/mol. The van der Waals surface area contributed by atoms with Crippen LogP contribution in [-0.2, 0) is 0 Å². The highest BCUT2D eigenvalue weighted by Gasteiger charge is 2.19. The van der Waals surface area contributed by atoms with E-state index in [1.54, 1.807) is 0 Å². The number of hydrogen-bond acceptors (Lipinski definition) is 1. The largest absolute Gasteiger partial charge is 0.292 e. The highest BCUT2D eigenvalue weighted by molar-refractivity contribution is 6.21. The molecule has 0 fully saturated rings.